The third-order valence-corrected chi connectivity index (χ3v) is 4.69. The number of rotatable bonds is 3. The molecule has 0 aliphatic rings. The van der Waals surface area contributed by atoms with E-state index in [9.17, 15) is 9.59 Å². The molecule has 1 heterocycles. The molecule has 5 heteroatoms. The Morgan fingerprint density at radius 2 is 1.64 bits per heavy atom. The highest BCUT2D eigenvalue weighted by atomic mass is 16.1. The van der Waals surface area contributed by atoms with E-state index >= 15 is 0 Å². The molecule has 4 aromatic rings. The van der Waals surface area contributed by atoms with Gasteiger partial charge in [-0.05, 0) is 55.8 Å². The minimum absolute atomic E-state index is 0.127. The van der Waals surface area contributed by atoms with Gasteiger partial charge < -0.3 is 5.32 Å². The van der Waals surface area contributed by atoms with E-state index in [1.807, 2.05) is 62.4 Å². The van der Waals surface area contributed by atoms with Crippen LogP contribution in [-0.4, -0.2) is 15.5 Å². The summed E-state index contributed by atoms with van der Waals surface area (Å²) in [5, 5.41) is 3.46. The fraction of sp³-hybridized carbons (Fsp3) is 0.0870. The molecule has 0 aliphatic carbocycles. The van der Waals surface area contributed by atoms with Gasteiger partial charge in [0, 0.05) is 11.3 Å². The van der Waals surface area contributed by atoms with E-state index in [2.05, 4.69) is 10.3 Å². The molecule has 0 saturated heterocycles. The second-order valence-corrected chi connectivity index (χ2v) is 6.64. The number of hydrogen-bond donors (Lipinski definition) is 1. The minimum atomic E-state index is -0.198. The first-order chi connectivity index (χ1) is 13.5. The van der Waals surface area contributed by atoms with Crippen LogP contribution in [0.5, 0.6) is 0 Å². The van der Waals surface area contributed by atoms with E-state index in [-0.39, 0.29) is 11.5 Å². The second kappa shape index (κ2) is 7.12. The van der Waals surface area contributed by atoms with Crippen molar-refractivity contribution >= 4 is 22.5 Å². The molecule has 0 saturated carbocycles. The zero-order valence-corrected chi connectivity index (χ0v) is 15.6. The summed E-state index contributed by atoms with van der Waals surface area (Å²) in [6.07, 6.45) is 0. The Bertz CT molecular complexity index is 1240. The third kappa shape index (κ3) is 3.18. The lowest BCUT2D eigenvalue weighted by atomic mass is 10.1. The van der Waals surface area contributed by atoms with E-state index < -0.39 is 0 Å². The number of aryl methyl sites for hydroxylation is 2. The van der Waals surface area contributed by atoms with Crippen molar-refractivity contribution in [2.45, 2.75) is 13.8 Å². The van der Waals surface area contributed by atoms with Gasteiger partial charge in [0.1, 0.15) is 5.82 Å². The molecule has 0 spiro atoms. The van der Waals surface area contributed by atoms with Crippen molar-refractivity contribution in [3.05, 3.63) is 100 Å². The number of fused-ring (bicyclic) bond motifs is 1. The van der Waals surface area contributed by atoms with Crippen molar-refractivity contribution in [2.75, 3.05) is 5.32 Å². The minimum Gasteiger partial charge on any atom is -0.322 e. The first-order valence-corrected chi connectivity index (χ1v) is 9.00. The number of nitrogens with zero attached hydrogens (tertiary/aromatic N) is 2. The van der Waals surface area contributed by atoms with Gasteiger partial charge in [-0.1, -0.05) is 36.4 Å². The average Bonchev–Trinajstić information content (AvgIpc) is 2.71. The van der Waals surface area contributed by atoms with Gasteiger partial charge >= 0.3 is 0 Å². The SMILES string of the molecule is Cc1ccc(NC(=O)c2ccccc2)cc1-n1c(C)nc2ccccc2c1=O. The Balaban J connectivity index is 1.79. The molecule has 5 nitrogen and oxygen atoms in total. The monoisotopic (exact) mass is 369 g/mol. The van der Waals surface area contributed by atoms with Crippen molar-refractivity contribution < 1.29 is 4.79 Å². The summed E-state index contributed by atoms with van der Waals surface area (Å²) in [5.74, 6) is 0.398. The summed E-state index contributed by atoms with van der Waals surface area (Å²) in [6, 6.07) is 21.8. The van der Waals surface area contributed by atoms with E-state index in [1.54, 1.807) is 28.8 Å². The molecule has 1 amide bonds. The summed E-state index contributed by atoms with van der Waals surface area (Å²) in [5.41, 5.74) is 3.36. The van der Waals surface area contributed by atoms with Gasteiger partial charge in [-0.25, -0.2) is 4.98 Å². The number of nitrogens with one attached hydrogen (secondary N) is 1. The fourth-order valence-electron chi connectivity index (χ4n) is 3.25. The molecule has 1 aromatic heterocycles. The summed E-state index contributed by atoms with van der Waals surface area (Å²) >= 11 is 0. The van der Waals surface area contributed by atoms with Crippen LogP contribution in [0.4, 0.5) is 5.69 Å². The zero-order chi connectivity index (χ0) is 19.7. The molecule has 1 N–H and O–H groups in total. The van der Waals surface area contributed by atoms with Gasteiger partial charge in [-0.3, -0.25) is 14.2 Å². The molecule has 0 atom stereocenters. The number of aromatic nitrogens is 2. The van der Waals surface area contributed by atoms with E-state index in [1.165, 1.54) is 0 Å². The van der Waals surface area contributed by atoms with Crippen LogP contribution in [0, 0.1) is 13.8 Å². The molecule has 28 heavy (non-hydrogen) atoms. The first kappa shape index (κ1) is 17.7. The smallest absolute Gasteiger partial charge is 0.265 e. The standard InChI is InChI=1S/C23H19N3O2/c1-15-12-13-18(25-22(27)17-8-4-3-5-9-17)14-21(15)26-16(2)24-20-11-7-6-10-19(20)23(26)28/h3-14H,1-2H3,(H,25,27). The van der Waals surface area contributed by atoms with Crippen LogP contribution in [-0.2, 0) is 0 Å². The van der Waals surface area contributed by atoms with Gasteiger partial charge in [0.25, 0.3) is 11.5 Å². The molecule has 3 aromatic carbocycles. The Morgan fingerprint density at radius 3 is 2.43 bits per heavy atom. The van der Waals surface area contributed by atoms with Crippen LogP contribution in [0.15, 0.2) is 77.6 Å². The summed E-state index contributed by atoms with van der Waals surface area (Å²) in [6.45, 7) is 3.74. The van der Waals surface area contributed by atoms with Crippen LogP contribution in [0.1, 0.15) is 21.7 Å². The molecule has 0 fully saturated rings. The number of carbonyl (C=O) groups excluding carboxylic acids is 1. The highest BCUT2D eigenvalue weighted by Gasteiger charge is 2.13. The molecule has 0 radical (unpaired) electrons. The lowest BCUT2D eigenvalue weighted by molar-refractivity contribution is 0.102. The van der Waals surface area contributed by atoms with Crippen molar-refractivity contribution in [2.24, 2.45) is 0 Å². The maximum absolute atomic E-state index is 13.1. The third-order valence-electron chi connectivity index (χ3n) is 4.69. The highest BCUT2D eigenvalue weighted by molar-refractivity contribution is 6.04. The molecule has 0 bridgehead atoms. The number of anilines is 1. The Morgan fingerprint density at radius 1 is 0.929 bits per heavy atom. The van der Waals surface area contributed by atoms with Gasteiger partial charge in [0.05, 0.1) is 16.6 Å². The summed E-state index contributed by atoms with van der Waals surface area (Å²) < 4.78 is 1.59. The van der Waals surface area contributed by atoms with Crippen molar-refractivity contribution in [3.63, 3.8) is 0 Å². The summed E-state index contributed by atoms with van der Waals surface area (Å²) in [4.78, 5) is 30.1. The number of benzene rings is 3. The topological polar surface area (TPSA) is 64.0 Å². The van der Waals surface area contributed by atoms with Crippen LogP contribution < -0.4 is 10.9 Å². The average molecular weight is 369 g/mol. The van der Waals surface area contributed by atoms with Gasteiger partial charge in [0.2, 0.25) is 0 Å². The van der Waals surface area contributed by atoms with Crippen LogP contribution in [0.2, 0.25) is 0 Å². The molecular formula is C23H19N3O2. The van der Waals surface area contributed by atoms with E-state index in [4.69, 9.17) is 0 Å². The molecule has 4 rings (SSSR count). The lowest BCUT2D eigenvalue weighted by Crippen LogP contribution is -2.23. The number of carbonyl (C=O) groups is 1. The number of amides is 1. The van der Waals surface area contributed by atoms with E-state index in [0.717, 1.165) is 5.56 Å². The van der Waals surface area contributed by atoms with Crippen LogP contribution >= 0.6 is 0 Å². The molecular weight excluding hydrogens is 350 g/mol. The van der Waals surface area contributed by atoms with Crippen molar-refractivity contribution in [3.8, 4) is 5.69 Å². The van der Waals surface area contributed by atoms with E-state index in [0.29, 0.717) is 33.7 Å². The predicted molar refractivity (Wildman–Crippen MR) is 111 cm³/mol. The largest absolute Gasteiger partial charge is 0.322 e. The van der Waals surface area contributed by atoms with Gasteiger partial charge in [0.15, 0.2) is 0 Å². The molecule has 0 aliphatic heterocycles. The Kier molecular flexibility index (Phi) is 4.49. The predicted octanol–water partition coefficient (Wildman–Crippen LogP) is 4.25. The molecule has 0 unspecified atom stereocenters. The van der Waals surface area contributed by atoms with Crippen LogP contribution in [0.3, 0.4) is 0 Å². The zero-order valence-electron chi connectivity index (χ0n) is 15.6. The normalized spacial score (nSPS) is 10.8. The summed E-state index contributed by atoms with van der Waals surface area (Å²) in [7, 11) is 0. The second-order valence-electron chi connectivity index (χ2n) is 6.64. The molecule has 138 valence electrons. The maximum atomic E-state index is 13.1. The van der Waals surface area contributed by atoms with Gasteiger partial charge in [-0.2, -0.15) is 0 Å². The maximum Gasteiger partial charge on any atom is 0.265 e. The van der Waals surface area contributed by atoms with Crippen molar-refractivity contribution in [1.82, 2.24) is 9.55 Å². The highest BCUT2D eigenvalue weighted by Crippen LogP contribution is 2.21. The lowest BCUT2D eigenvalue weighted by Gasteiger charge is -2.15. The quantitative estimate of drug-likeness (QED) is 0.587. The number of hydrogen-bond acceptors (Lipinski definition) is 3. The number of para-hydroxylation sites is 1. The Labute approximate surface area is 162 Å². The van der Waals surface area contributed by atoms with Gasteiger partial charge in [-0.15, -0.1) is 0 Å². The fourth-order valence-corrected chi connectivity index (χ4v) is 3.25. The first-order valence-electron chi connectivity index (χ1n) is 9.00. The van der Waals surface area contributed by atoms with Crippen LogP contribution in [0.25, 0.3) is 16.6 Å². The van der Waals surface area contributed by atoms with Crippen molar-refractivity contribution in [1.29, 1.82) is 0 Å². The Hall–Kier alpha value is -3.73.